The van der Waals surface area contributed by atoms with Gasteiger partial charge in [0.2, 0.25) is 0 Å². The molecule has 1 heterocycles. The second kappa shape index (κ2) is 7.73. The molecule has 140 valence electrons. The molecule has 0 N–H and O–H groups in total. The molecule has 1 aromatic rings. The van der Waals surface area contributed by atoms with Crippen molar-refractivity contribution in [3.63, 3.8) is 0 Å². The van der Waals surface area contributed by atoms with Crippen molar-refractivity contribution in [2.45, 2.75) is 65.4 Å². The van der Waals surface area contributed by atoms with Crippen molar-refractivity contribution in [3.8, 4) is 0 Å². The highest BCUT2D eigenvalue weighted by atomic mass is 32.2. The smallest absolute Gasteiger partial charge is 0.309 e. The van der Waals surface area contributed by atoms with Crippen LogP contribution in [0.3, 0.4) is 0 Å². The summed E-state index contributed by atoms with van der Waals surface area (Å²) in [6.07, 6.45) is 0.883. The minimum Gasteiger partial charge on any atom is -0.458 e. The van der Waals surface area contributed by atoms with Gasteiger partial charge in [0.15, 0.2) is 0 Å². The number of benzene rings is 1. The third kappa shape index (κ3) is 4.24. The van der Waals surface area contributed by atoms with Crippen molar-refractivity contribution in [2.75, 3.05) is 5.75 Å². The summed E-state index contributed by atoms with van der Waals surface area (Å²) < 4.78 is 6.06. The highest BCUT2D eigenvalue weighted by molar-refractivity contribution is 7.99. The highest BCUT2D eigenvalue weighted by Crippen LogP contribution is 2.50. The lowest BCUT2D eigenvalue weighted by molar-refractivity contribution is -0.160. The summed E-state index contributed by atoms with van der Waals surface area (Å²) in [4.78, 5) is 14.0. The molecule has 3 heteroatoms. The van der Waals surface area contributed by atoms with E-state index in [1.165, 1.54) is 4.90 Å². The molecule has 0 bridgehead atoms. The Morgan fingerprint density at radius 2 is 1.68 bits per heavy atom. The number of ether oxygens (including phenoxy) is 1. The SMILES string of the molecule is CC(C)C1(C(C)C)OC(=O)[C@@H](CC(C)(C)CSc2ccccc2)[C@@H]1C. The summed E-state index contributed by atoms with van der Waals surface area (Å²) in [6, 6.07) is 10.5. The minimum absolute atomic E-state index is 0.00354. The molecule has 2 nitrogen and oxygen atoms in total. The fourth-order valence-corrected chi connectivity index (χ4v) is 5.55. The first-order chi connectivity index (χ1) is 11.6. The van der Waals surface area contributed by atoms with E-state index in [4.69, 9.17) is 4.74 Å². The molecule has 0 amide bonds. The first-order valence-electron chi connectivity index (χ1n) is 9.51. The van der Waals surface area contributed by atoms with Crippen molar-refractivity contribution in [1.29, 1.82) is 0 Å². The van der Waals surface area contributed by atoms with E-state index in [-0.39, 0.29) is 28.8 Å². The number of hydrogen-bond acceptors (Lipinski definition) is 3. The van der Waals surface area contributed by atoms with Crippen LogP contribution in [0.2, 0.25) is 0 Å². The molecule has 25 heavy (non-hydrogen) atoms. The fraction of sp³-hybridized carbons (Fsp3) is 0.682. The van der Waals surface area contributed by atoms with Crippen molar-refractivity contribution in [3.05, 3.63) is 30.3 Å². The van der Waals surface area contributed by atoms with E-state index in [1.807, 2.05) is 17.8 Å². The van der Waals surface area contributed by atoms with Gasteiger partial charge in [0.1, 0.15) is 5.60 Å². The molecular formula is C22H34O2S. The van der Waals surface area contributed by atoms with E-state index in [0.717, 1.165) is 12.2 Å². The molecule has 2 rings (SSSR count). The second-order valence-electron chi connectivity index (χ2n) is 8.95. The molecule has 1 fully saturated rings. The van der Waals surface area contributed by atoms with E-state index < -0.39 is 0 Å². The minimum atomic E-state index is -0.329. The number of thioether (sulfide) groups is 1. The van der Waals surface area contributed by atoms with Crippen molar-refractivity contribution >= 4 is 17.7 Å². The maximum atomic E-state index is 12.7. The Morgan fingerprint density at radius 1 is 1.12 bits per heavy atom. The molecule has 1 aliphatic heterocycles. The quantitative estimate of drug-likeness (QED) is 0.436. The first kappa shape index (κ1) is 20.4. The molecule has 2 atom stereocenters. The van der Waals surface area contributed by atoms with Gasteiger partial charge in [-0.1, -0.05) is 66.7 Å². The molecule has 1 aliphatic rings. The Balaban J connectivity index is 2.09. The first-order valence-corrected chi connectivity index (χ1v) is 10.5. The maximum Gasteiger partial charge on any atom is 0.309 e. The molecule has 0 spiro atoms. The fourth-order valence-electron chi connectivity index (χ4n) is 4.53. The van der Waals surface area contributed by atoms with Crippen molar-refractivity contribution in [2.24, 2.45) is 29.1 Å². The summed E-state index contributed by atoms with van der Waals surface area (Å²) in [5.41, 5.74) is -0.243. The number of hydrogen-bond donors (Lipinski definition) is 0. The van der Waals surface area contributed by atoms with Crippen molar-refractivity contribution in [1.82, 2.24) is 0 Å². The van der Waals surface area contributed by atoms with Crippen LogP contribution in [-0.2, 0) is 9.53 Å². The zero-order valence-electron chi connectivity index (χ0n) is 16.8. The molecule has 0 unspecified atom stereocenters. The van der Waals surface area contributed by atoms with Crippen LogP contribution in [0.4, 0.5) is 0 Å². The Hall–Kier alpha value is -0.960. The Kier molecular flexibility index (Phi) is 6.30. The van der Waals surface area contributed by atoms with Crippen LogP contribution >= 0.6 is 11.8 Å². The lowest BCUT2D eigenvalue weighted by Gasteiger charge is -2.40. The van der Waals surface area contributed by atoms with Gasteiger partial charge < -0.3 is 4.74 Å². The van der Waals surface area contributed by atoms with Crippen LogP contribution in [-0.4, -0.2) is 17.3 Å². The molecule has 0 aromatic heterocycles. The summed E-state index contributed by atoms with van der Waals surface area (Å²) in [5, 5.41) is 0. The summed E-state index contributed by atoms with van der Waals surface area (Å²) in [5.74, 6) is 1.92. The van der Waals surface area contributed by atoms with Crippen LogP contribution in [0.1, 0.15) is 54.9 Å². The van der Waals surface area contributed by atoms with Gasteiger partial charge in [-0.3, -0.25) is 4.79 Å². The zero-order valence-corrected chi connectivity index (χ0v) is 17.7. The third-order valence-electron chi connectivity index (χ3n) is 5.85. The standard InChI is InChI=1S/C22H34O2S/c1-15(2)22(16(3)4)17(5)19(20(23)24-22)13-21(6,7)14-25-18-11-9-8-10-12-18/h8-12,15-17,19H,13-14H2,1-7H3/t17-,19-/m0/s1. The predicted octanol–water partition coefficient (Wildman–Crippen LogP) is 6.05. The normalized spacial score (nSPS) is 23.3. The lowest BCUT2D eigenvalue weighted by atomic mass is 9.67. The molecular weight excluding hydrogens is 328 g/mol. The van der Waals surface area contributed by atoms with E-state index in [9.17, 15) is 4.79 Å². The predicted molar refractivity (Wildman–Crippen MR) is 107 cm³/mol. The van der Waals surface area contributed by atoms with Gasteiger partial charge in [-0.2, -0.15) is 0 Å². The van der Waals surface area contributed by atoms with Gasteiger partial charge in [-0.05, 0) is 35.8 Å². The van der Waals surface area contributed by atoms with E-state index in [1.54, 1.807) is 0 Å². The number of carbonyl (C=O) groups excluding carboxylic acids is 1. The molecule has 0 aliphatic carbocycles. The monoisotopic (exact) mass is 362 g/mol. The van der Waals surface area contributed by atoms with Gasteiger partial charge in [0.05, 0.1) is 5.92 Å². The Bertz CT molecular complexity index is 569. The summed E-state index contributed by atoms with van der Waals surface area (Å²) >= 11 is 1.87. The number of esters is 1. The van der Waals surface area contributed by atoms with Crippen LogP contribution in [0.5, 0.6) is 0 Å². The molecule has 0 radical (unpaired) electrons. The zero-order chi connectivity index (χ0) is 18.8. The van der Waals surface area contributed by atoms with Crippen LogP contribution < -0.4 is 0 Å². The Morgan fingerprint density at radius 3 is 2.16 bits per heavy atom. The largest absolute Gasteiger partial charge is 0.458 e. The van der Waals surface area contributed by atoms with Gasteiger partial charge in [0, 0.05) is 16.6 Å². The van der Waals surface area contributed by atoms with Gasteiger partial charge in [-0.25, -0.2) is 0 Å². The van der Waals surface area contributed by atoms with Crippen LogP contribution in [0, 0.1) is 29.1 Å². The Labute approximate surface area is 158 Å². The average molecular weight is 363 g/mol. The summed E-state index contributed by atoms with van der Waals surface area (Å²) in [7, 11) is 0. The number of rotatable bonds is 7. The topological polar surface area (TPSA) is 26.3 Å². The van der Waals surface area contributed by atoms with Gasteiger partial charge in [0.25, 0.3) is 0 Å². The molecule has 1 saturated heterocycles. The number of cyclic esters (lactones) is 1. The lowest BCUT2D eigenvalue weighted by Crippen LogP contribution is -2.46. The van der Waals surface area contributed by atoms with E-state index in [2.05, 4.69) is 72.7 Å². The second-order valence-corrected chi connectivity index (χ2v) is 10.00. The third-order valence-corrected chi connectivity index (χ3v) is 7.38. The maximum absolute atomic E-state index is 12.7. The van der Waals surface area contributed by atoms with Crippen LogP contribution in [0.15, 0.2) is 35.2 Å². The van der Waals surface area contributed by atoms with Crippen LogP contribution in [0.25, 0.3) is 0 Å². The molecule has 0 saturated carbocycles. The van der Waals surface area contributed by atoms with Gasteiger partial charge in [-0.15, -0.1) is 11.8 Å². The van der Waals surface area contributed by atoms with Gasteiger partial charge >= 0.3 is 5.97 Å². The number of carbonyl (C=O) groups is 1. The van der Waals surface area contributed by atoms with E-state index in [0.29, 0.717) is 11.8 Å². The van der Waals surface area contributed by atoms with E-state index >= 15 is 0 Å². The molecule has 1 aromatic carbocycles. The summed E-state index contributed by atoms with van der Waals surface area (Å²) in [6.45, 7) is 15.5. The van der Waals surface area contributed by atoms with Crippen molar-refractivity contribution < 1.29 is 9.53 Å². The average Bonchev–Trinajstić information content (AvgIpc) is 2.79. The highest BCUT2D eigenvalue weighted by Gasteiger charge is 2.57.